The van der Waals surface area contributed by atoms with Crippen LogP contribution in [0.1, 0.15) is 20.3 Å². The molecule has 2 heteroatoms. The molecule has 0 saturated carbocycles. The zero-order chi connectivity index (χ0) is 6.41. The highest BCUT2D eigenvalue weighted by molar-refractivity contribution is 5.23. The Hall–Kier alpha value is -0.790. The molecule has 2 nitrogen and oxygen atoms in total. The van der Waals surface area contributed by atoms with Gasteiger partial charge < -0.3 is 0 Å². The van der Waals surface area contributed by atoms with Crippen molar-refractivity contribution in [3.63, 3.8) is 0 Å². The van der Waals surface area contributed by atoms with Crippen molar-refractivity contribution in [1.82, 2.24) is 5.43 Å². The van der Waals surface area contributed by atoms with Crippen LogP contribution < -0.4 is 5.43 Å². The number of nitrogens with zero attached hydrogens (tertiary/aromatic N) is 1. The van der Waals surface area contributed by atoms with Gasteiger partial charge in [-0.05, 0) is 13.3 Å². The fourth-order valence-electron chi connectivity index (χ4n) is 0.477. The van der Waals surface area contributed by atoms with Crippen LogP contribution in [0.15, 0.2) is 16.9 Å². The summed E-state index contributed by atoms with van der Waals surface area (Å²) in [5.41, 5.74) is 3.78. The molecule has 0 aromatic carbocycles. The molecule has 0 atom stereocenters. The van der Waals surface area contributed by atoms with E-state index in [2.05, 4.69) is 30.2 Å². The van der Waals surface area contributed by atoms with Gasteiger partial charge in [0.1, 0.15) is 0 Å². The van der Waals surface area contributed by atoms with Crippen LogP contribution in [0.2, 0.25) is 0 Å². The summed E-state index contributed by atoms with van der Waals surface area (Å²) in [6.07, 6.45) is 3.09. The molecule has 0 unspecified atom stereocenters. The number of hydrogen-bond acceptors (Lipinski definition) is 2. The molecule has 0 aromatic heterocycles. The zero-order valence-electron chi connectivity index (χ0n) is 5.44. The van der Waals surface area contributed by atoms with Gasteiger partial charge in [0.05, 0.1) is 0 Å². The molecule has 0 aliphatic carbocycles. The van der Waals surface area contributed by atoms with E-state index in [1.54, 1.807) is 0 Å². The van der Waals surface area contributed by atoms with E-state index in [-0.39, 0.29) is 0 Å². The van der Waals surface area contributed by atoms with Crippen LogP contribution in [0.4, 0.5) is 0 Å². The molecule has 46 valence electrons. The first-order chi connectivity index (χ1) is 3.81. The van der Waals surface area contributed by atoms with Gasteiger partial charge in [0.15, 0.2) is 0 Å². The number of rotatable bonds is 3. The molecule has 0 bridgehead atoms. The Morgan fingerprint density at radius 1 is 1.88 bits per heavy atom. The predicted molar refractivity (Wildman–Crippen MR) is 36.7 cm³/mol. The lowest BCUT2D eigenvalue weighted by Crippen LogP contribution is -1.98. The quantitative estimate of drug-likeness (QED) is 0.434. The van der Waals surface area contributed by atoms with Gasteiger partial charge in [0.2, 0.25) is 0 Å². The first-order valence-electron chi connectivity index (χ1n) is 2.69. The van der Waals surface area contributed by atoms with Crippen molar-refractivity contribution in [2.24, 2.45) is 5.10 Å². The number of nitrogens with one attached hydrogen (secondary N) is 1. The SMILES string of the molecule is C=NN/C(C)=C\CC. The Labute approximate surface area is 50.3 Å². The average molecular weight is 112 g/mol. The predicted octanol–water partition coefficient (Wildman–Crippen LogP) is 1.51. The summed E-state index contributed by atoms with van der Waals surface area (Å²) in [7, 11) is 0. The molecule has 0 rings (SSSR count). The monoisotopic (exact) mass is 112 g/mol. The highest BCUT2D eigenvalue weighted by atomic mass is 15.3. The average Bonchev–Trinajstić information content (AvgIpc) is 1.68. The third-order valence-electron chi connectivity index (χ3n) is 0.766. The second-order valence-electron chi connectivity index (χ2n) is 1.57. The molecular formula is C6H12N2. The standard InChI is InChI=1S/C6H12N2/c1-4-5-6(2)8-7-3/h5,8H,3-4H2,1-2H3/b6-5-. The summed E-state index contributed by atoms with van der Waals surface area (Å²) in [6, 6.07) is 0. The van der Waals surface area contributed by atoms with E-state index < -0.39 is 0 Å². The summed E-state index contributed by atoms with van der Waals surface area (Å²) >= 11 is 0. The van der Waals surface area contributed by atoms with Crippen LogP contribution in [-0.4, -0.2) is 6.72 Å². The Morgan fingerprint density at radius 2 is 2.50 bits per heavy atom. The van der Waals surface area contributed by atoms with E-state index >= 15 is 0 Å². The first kappa shape index (κ1) is 7.21. The van der Waals surface area contributed by atoms with E-state index in [0.717, 1.165) is 12.1 Å². The lowest BCUT2D eigenvalue weighted by molar-refractivity contribution is 0.885. The molecule has 0 saturated heterocycles. The molecular weight excluding hydrogens is 100 g/mol. The summed E-state index contributed by atoms with van der Waals surface area (Å²) < 4.78 is 0. The van der Waals surface area contributed by atoms with Crippen LogP contribution in [0, 0.1) is 0 Å². The minimum Gasteiger partial charge on any atom is -0.284 e. The minimum atomic E-state index is 1.04. The van der Waals surface area contributed by atoms with Crippen molar-refractivity contribution in [3.8, 4) is 0 Å². The van der Waals surface area contributed by atoms with Gasteiger partial charge in [0.25, 0.3) is 0 Å². The maximum absolute atomic E-state index is 3.49. The third kappa shape index (κ3) is 3.40. The van der Waals surface area contributed by atoms with Crippen LogP contribution in [-0.2, 0) is 0 Å². The topological polar surface area (TPSA) is 24.4 Å². The largest absolute Gasteiger partial charge is 0.284 e. The van der Waals surface area contributed by atoms with Gasteiger partial charge >= 0.3 is 0 Å². The second kappa shape index (κ2) is 4.37. The molecule has 0 fully saturated rings. The van der Waals surface area contributed by atoms with Gasteiger partial charge in [-0.3, -0.25) is 5.43 Å². The van der Waals surface area contributed by atoms with Gasteiger partial charge in [-0.1, -0.05) is 13.0 Å². The molecule has 0 heterocycles. The van der Waals surface area contributed by atoms with E-state index in [0.29, 0.717) is 0 Å². The highest BCUT2D eigenvalue weighted by Crippen LogP contribution is 1.87. The summed E-state index contributed by atoms with van der Waals surface area (Å²) in [5.74, 6) is 0. The lowest BCUT2D eigenvalue weighted by atomic mass is 10.4. The van der Waals surface area contributed by atoms with Crippen molar-refractivity contribution in [2.45, 2.75) is 20.3 Å². The van der Waals surface area contributed by atoms with Crippen molar-refractivity contribution in [2.75, 3.05) is 0 Å². The van der Waals surface area contributed by atoms with Crippen molar-refractivity contribution in [3.05, 3.63) is 11.8 Å². The molecule has 0 radical (unpaired) electrons. The van der Waals surface area contributed by atoms with E-state index in [1.807, 2.05) is 6.92 Å². The van der Waals surface area contributed by atoms with Crippen LogP contribution in [0.25, 0.3) is 0 Å². The van der Waals surface area contributed by atoms with E-state index in [4.69, 9.17) is 0 Å². The second-order valence-corrected chi connectivity index (χ2v) is 1.57. The zero-order valence-corrected chi connectivity index (χ0v) is 5.44. The molecule has 0 aliphatic heterocycles. The third-order valence-corrected chi connectivity index (χ3v) is 0.766. The van der Waals surface area contributed by atoms with E-state index in [9.17, 15) is 0 Å². The molecule has 0 amide bonds. The number of hydrogen-bond donors (Lipinski definition) is 1. The van der Waals surface area contributed by atoms with Crippen LogP contribution in [0.3, 0.4) is 0 Å². The van der Waals surface area contributed by atoms with Gasteiger partial charge in [-0.2, -0.15) is 5.10 Å². The first-order valence-corrected chi connectivity index (χ1v) is 2.69. The van der Waals surface area contributed by atoms with Crippen molar-refractivity contribution >= 4 is 6.72 Å². The normalized spacial score (nSPS) is 11.0. The molecule has 0 aromatic rings. The maximum Gasteiger partial charge on any atom is 0.0264 e. The van der Waals surface area contributed by atoms with E-state index in [1.165, 1.54) is 0 Å². The van der Waals surface area contributed by atoms with Crippen molar-refractivity contribution in [1.29, 1.82) is 0 Å². The summed E-state index contributed by atoms with van der Waals surface area (Å²) in [6.45, 7) is 7.32. The number of hydrazone groups is 1. The Balaban J connectivity index is 3.44. The number of allylic oxidation sites excluding steroid dienone is 2. The Bertz CT molecular complexity index is 94.7. The summed E-state index contributed by atoms with van der Waals surface area (Å²) in [5, 5.41) is 3.49. The summed E-state index contributed by atoms with van der Waals surface area (Å²) in [4.78, 5) is 0. The Kier molecular flexibility index (Phi) is 3.94. The molecule has 1 N–H and O–H groups in total. The van der Waals surface area contributed by atoms with Crippen LogP contribution >= 0.6 is 0 Å². The highest BCUT2D eigenvalue weighted by Gasteiger charge is 1.77. The van der Waals surface area contributed by atoms with Crippen LogP contribution in [0.5, 0.6) is 0 Å². The Morgan fingerprint density at radius 3 is 2.88 bits per heavy atom. The van der Waals surface area contributed by atoms with Crippen molar-refractivity contribution < 1.29 is 0 Å². The minimum absolute atomic E-state index is 1.04. The molecule has 0 spiro atoms. The fraction of sp³-hybridized carbons (Fsp3) is 0.500. The molecule has 8 heavy (non-hydrogen) atoms. The van der Waals surface area contributed by atoms with Gasteiger partial charge in [-0.15, -0.1) is 0 Å². The maximum atomic E-state index is 3.49. The smallest absolute Gasteiger partial charge is 0.0264 e. The lowest BCUT2D eigenvalue weighted by Gasteiger charge is -1.94. The fourth-order valence-corrected chi connectivity index (χ4v) is 0.477. The molecule has 0 aliphatic rings. The van der Waals surface area contributed by atoms with Gasteiger partial charge in [-0.25, -0.2) is 0 Å². The van der Waals surface area contributed by atoms with Gasteiger partial charge in [0, 0.05) is 12.4 Å².